The van der Waals surface area contributed by atoms with Crippen molar-refractivity contribution in [2.24, 2.45) is 0 Å². The minimum atomic E-state index is -0.217. The van der Waals surface area contributed by atoms with E-state index >= 15 is 0 Å². The Hall–Kier alpha value is -1.72. The molecule has 0 unspecified atom stereocenters. The highest BCUT2D eigenvalue weighted by atomic mass is 32.1. The van der Waals surface area contributed by atoms with Crippen LogP contribution in [0.1, 0.15) is 21.1 Å². The van der Waals surface area contributed by atoms with Crippen molar-refractivity contribution in [3.05, 3.63) is 45.9 Å². The average Bonchev–Trinajstić information content (AvgIpc) is 2.77. The first kappa shape index (κ1) is 11.8. The van der Waals surface area contributed by atoms with E-state index < -0.39 is 0 Å². The van der Waals surface area contributed by atoms with Gasteiger partial charge in [0.05, 0.1) is 11.6 Å². The number of hydrogen-bond donors (Lipinski definition) is 2. The molecule has 0 saturated carbocycles. The summed E-state index contributed by atoms with van der Waals surface area (Å²) in [5.74, 6) is -0.217. The summed E-state index contributed by atoms with van der Waals surface area (Å²) in [6, 6.07) is 7.04. The average molecular weight is 248 g/mol. The van der Waals surface area contributed by atoms with Crippen LogP contribution in [0.25, 0.3) is 0 Å². The summed E-state index contributed by atoms with van der Waals surface area (Å²) in [4.78, 5) is 15.9. The first-order valence-corrected chi connectivity index (χ1v) is 6.00. The van der Waals surface area contributed by atoms with E-state index in [4.69, 9.17) is 5.11 Å². The van der Waals surface area contributed by atoms with Gasteiger partial charge in [0, 0.05) is 11.1 Å². The zero-order valence-electron chi connectivity index (χ0n) is 9.30. The number of hydrogen-bond acceptors (Lipinski definition) is 4. The molecule has 0 aliphatic rings. The van der Waals surface area contributed by atoms with E-state index in [2.05, 4.69) is 10.3 Å². The largest absolute Gasteiger partial charge is 0.392 e. The Kier molecular flexibility index (Phi) is 3.51. The standard InChI is InChI=1S/C12H12N2O2S/c1-8-13-11(7-17-8)12(16)14-10-4-2-9(6-15)3-5-10/h2-5,7,15H,6H2,1H3,(H,14,16). The van der Waals surface area contributed by atoms with Gasteiger partial charge in [0.25, 0.3) is 5.91 Å². The minimum Gasteiger partial charge on any atom is -0.392 e. The van der Waals surface area contributed by atoms with Crippen molar-refractivity contribution in [2.45, 2.75) is 13.5 Å². The lowest BCUT2D eigenvalue weighted by atomic mass is 10.2. The van der Waals surface area contributed by atoms with Gasteiger partial charge in [0.2, 0.25) is 0 Å². The van der Waals surface area contributed by atoms with E-state index in [0.717, 1.165) is 10.6 Å². The highest BCUT2D eigenvalue weighted by molar-refractivity contribution is 7.09. The third kappa shape index (κ3) is 2.89. The Morgan fingerprint density at radius 3 is 2.65 bits per heavy atom. The van der Waals surface area contributed by atoms with Crippen molar-refractivity contribution in [1.82, 2.24) is 4.98 Å². The number of nitrogens with zero attached hydrogens (tertiary/aromatic N) is 1. The second kappa shape index (κ2) is 5.07. The molecular formula is C12H12N2O2S. The molecule has 1 aromatic heterocycles. The molecule has 1 amide bonds. The lowest BCUT2D eigenvalue weighted by Crippen LogP contribution is -2.12. The maximum Gasteiger partial charge on any atom is 0.275 e. The van der Waals surface area contributed by atoms with E-state index in [1.54, 1.807) is 29.6 Å². The van der Waals surface area contributed by atoms with E-state index in [1.165, 1.54) is 11.3 Å². The number of aromatic nitrogens is 1. The van der Waals surface area contributed by atoms with E-state index in [9.17, 15) is 4.79 Å². The van der Waals surface area contributed by atoms with Gasteiger partial charge in [-0.05, 0) is 24.6 Å². The maximum absolute atomic E-state index is 11.8. The van der Waals surface area contributed by atoms with Crippen LogP contribution in [0.2, 0.25) is 0 Å². The zero-order chi connectivity index (χ0) is 12.3. The zero-order valence-corrected chi connectivity index (χ0v) is 10.1. The van der Waals surface area contributed by atoms with Crippen LogP contribution in [-0.2, 0) is 6.61 Å². The molecule has 0 atom stereocenters. The number of nitrogens with one attached hydrogen (secondary N) is 1. The first-order valence-electron chi connectivity index (χ1n) is 5.12. The number of aryl methyl sites for hydroxylation is 1. The maximum atomic E-state index is 11.8. The van der Waals surface area contributed by atoms with Crippen LogP contribution in [0.5, 0.6) is 0 Å². The SMILES string of the molecule is Cc1nc(C(=O)Nc2ccc(CO)cc2)cs1. The summed E-state index contributed by atoms with van der Waals surface area (Å²) >= 11 is 1.44. The van der Waals surface area contributed by atoms with Gasteiger partial charge in [-0.1, -0.05) is 12.1 Å². The number of benzene rings is 1. The molecule has 0 bridgehead atoms. The molecule has 2 N–H and O–H groups in total. The number of aliphatic hydroxyl groups is 1. The molecule has 2 rings (SSSR count). The van der Waals surface area contributed by atoms with Gasteiger partial charge in [-0.25, -0.2) is 4.98 Å². The molecule has 5 heteroatoms. The monoisotopic (exact) mass is 248 g/mol. The number of thiazole rings is 1. The second-order valence-corrected chi connectivity index (χ2v) is 4.62. The number of rotatable bonds is 3. The molecule has 4 nitrogen and oxygen atoms in total. The smallest absolute Gasteiger partial charge is 0.275 e. The van der Waals surface area contributed by atoms with Gasteiger partial charge >= 0.3 is 0 Å². The quantitative estimate of drug-likeness (QED) is 0.875. The minimum absolute atomic E-state index is 0.000489. The number of anilines is 1. The second-order valence-electron chi connectivity index (χ2n) is 3.56. The molecule has 0 fully saturated rings. The van der Waals surface area contributed by atoms with Crippen molar-refractivity contribution in [2.75, 3.05) is 5.32 Å². The predicted molar refractivity (Wildman–Crippen MR) is 67.2 cm³/mol. The fourth-order valence-corrected chi connectivity index (χ4v) is 1.95. The van der Waals surface area contributed by atoms with Crippen LogP contribution in [0.3, 0.4) is 0 Å². The number of amides is 1. The molecule has 0 aliphatic carbocycles. The van der Waals surface area contributed by atoms with Crippen molar-refractivity contribution >= 4 is 22.9 Å². The van der Waals surface area contributed by atoms with Crippen molar-refractivity contribution in [3.8, 4) is 0 Å². The summed E-state index contributed by atoms with van der Waals surface area (Å²) in [6.07, 6.45) is 0. The van der Waals surface area contributed by atoms with E-state index in [-0.39, 0.29) is 12.5 Å². The predicted octanol–water partition coefficient (Wildman–Crippen LogP) is 2.20. The molecule has 88 valence electrons. The normalized spacial score (nSPS) is 10.2. The van der Waals surface area contributed by atoms with E-state index in [1.807, 2.05) is 6.92 Å². The third-order valence-corrected chi connectivity index (χ3v) is 3.02. The number of aliphatic hydroxyl groups excluding tert-OH is 1. The van der Waals surface area contributed by atoms with Crippen LogP contribution >= 0.6 is 11.3 Å². The van der Waals surface area contributed by atoms with Gasteiger partial charge in [0.15, 0.2) is 0 Å². The topological polar surface area (TPSA) is 62.2 Å². The molecule has 0 radical (unpaired) electrons. The molecule has 1 heterocycles. The Bertz CT molecular complexity index is 520. The van der Waals surface area contributed by atoms with Gasteiger partial charge < -0.3 is 10.4 Å². The summed E-state index contributed by atoms with van der Waals surface area (Å²) in [6.45, 7) is 1.86. The van der Waals surface area contributed by atoms with Crippen molar-refractivity contribution < 1.29 is 9.90 Å². The summed E-state index contributed by atoms with van der Waals surface area (Å²) < 4.78 is 0. The highest BCUT2D eigenvalue weighted by Gasteiger charge is 2.09. The van der Waals surface area contributed by atoms with E-state index in [0.29, 0.717) is 11.4 Å². The summed E-state index contributed by atoms with van der Waals surface area (Å²) in [7, 11) is 0. The lowest BCUT2D eigenvalue weighted by Gasteiger charge is -2.03. The van der Waals surface area contributed by atoms with Gasteiger partial charge in [-0.2, -0.15) is 0 Å². The number of carbonyl (C=O) groups excluding carboxylic acids is 1. The Balaban J connectivity index is 2.07. The molecule has 1 aromatic carbocycles. The highest BCUT2D eigenvalue weighted by Crippen LogP contribution is 2.13. The first-order chi connectivity index (χ1) is 8.19. The molecule has 2 aromatic rings. The summed E-state index contributed by atoms with van der Waals surface area (Å²) in [5.41, 5.74) is 1.93. The molecule has 0 spiro atoms. The van der Waals surface area contributed by atoms with Gasteiger partial charge in [0.1, 0.15) is 5.69 Å². The molecule has 17 heavy (non-hydrogen) atoms. The number of carbonyl (C=O) groups is 1. The Morgan fingerprint density at radius 2 is 2.12 bits per heavy atom. The molecule has 0 saturated heterocycles. The Morgan fingerprint density at radius 1 is 1.41 bits per heavy atom. The van der Waals surface area contributed by atoms with Crippen LogP contribution in [-0.4, -0.2) is 16.0 Å². The van der Waals surface area contributed by atoms with Crippen LogP contribution in [0.4, 0.5) is 5.69 Å². The third-order valence-electron chi connectivity index (χ3n) is 2.25. The fourth-order valence-electron chi connectivity index (χ4n) is 1.36. The van der Waals surface area contributed by atoms with Crippen LogP contribution in [0, 0.1) is 6.92 Å². The van der Waals surface area contributed by atoms with Gasteiger partial charge in [-0.15, -0.1) is 11.3 Å². The van der Waals surface area contributed by atoms with Crippen LogP contribution < -0.4 is 5.32 Å². The fraction of sp³-hybridized carbons (Fsp3) is 0.167. The Labute approximate surface area is 103 Å². The summed E-state index contributed by atoms with van der Waals surface area (Å²) in [5, 5.41) is 14.2. The molecular weight excluding hydrogens is 236 g/mol. The van der Waals surface area contributed by atoms with Crippen molar-refractivity contribution in [3.63, 3.8) is 0 Å². The van der Waals surface area contributed by atoms with Gasteiger partial charge in [-0.3, -0.25) is 4.79 Å². The lowest BCUT2D eigenvalue weighted by molar-refractivity contribution is 0.102. The van der Waals surface area contributed by atoms with Crippen LogP contribution in [0.15, 0.2) is 29.6 Å². The molecule has 0 aliphatic heterocycles. The van der Waals surface area contributed by atoms with Crippen molar-refractivity contribution in [1.29, 1.82) is 0 Å².